The Morgan fingerprint density at radius 3 is 2.45 bits per heavy atom. The van der Waals surface area contributed by atoms with Gasteiger partial charge >= 0.3 is 6.03 Å². The second-order valence-electron chi connectivity index (χ2n) is 9.45. The van der Waals surface area contributed by atoms with Crippen LogP contribution in [0.3, 0.4) is 0 Å². The summed E-state index contributed by atoms with van der Waals surface area (Å²) >= 11 is 0. The first-order valence-corrected chi connectivity index (χ1v) is 13.1. The van der Waals surface area contributed by atoms with Crippen LogP contribution >= 0.6 is 0 Å². The van der Waals surface area contributed by atoms with Gasteiger partial charge in [-0.2, -0.15) is 4.31 Å². The zero-order valence-corrected chi connectivity index (χ0v) is 19.7. The van der Waals surface area contributed by atoms with Crippen molar-refractivity contribution in [3.63, 3.8) is 0 Å². The highest BCUT2D eigenvalue weighted by molar-refractivity contribution is 7.89. The molecule has 5 rings (SSSR count). The molecule has 2 aromatic rings. The molecule has 0 unspecified atom stereocenters. The Balaban J connectivity index is 1.24. The van der Waals surface area contributed by atoms with Crippen molar-refractivity contribution in [2.45, 2.75) is 43.0 Å². The average Bonchev–Trinajstić information content (AvgIpc) is 3.06. The van der Waals surface area contributed by atoms with Gasteiger partial charge in [0, 0.05) is 26.2 Å². The molecule has 0 radical (unpaired) electrons. The quantitative estimate of drug-likeness (QED) is 0.694. The number of amides is 3. The number of nitrogens with one attached hydrogen (secondary N) is 1. The van der Waals surface area contributed by atoms with E-state index in [4.69, 9.17) is 0 Å². The topological polar surface area (TPSA) is 90.0 Å². The van der Waals surface area contributed by atoms with Gasteiger partial charge in [-0.05, 0) is 41.7 Å². The molecule has 1 aliphatic carbocycles. The van der Waals surface area contributed by atoms with Gasteiger partial charge in [0.2, 0.25) is 10.0 Å². The molecule has 1 saturated carbocycles. The normalized spacial score (nSPS) is 27.4. The minimum Gasteiger partial charge on any atom is -0.323 e. The number of imide groups is 1. The van der Waals surface area contributed by atoms with E-state index in [0.717, 1.165) is 30.0 Å². The Kier molecular flexibility index (Phi) is 5.66. The molecule has 0 bridgehead atoms. The minimum absolute atomic E-state index is 0.122. The molecule has 0 aromatic heterocycles. The number of piperazine rings is 1. The maximum atomic E-state index is 13.2. The summed E-state index contributed by atoms with van der Waals surface area (Å²) in [6.45, 7) is 3.81. The third-order valence-electron chi connectivity index (χ3n) is 7.53. The highest BCUT2D eigenvalue weighted by atomic mass is 32.2. The zero-order valence-electron chi connectivity index (χ0n) is 18.9. The molecule has 2 heterocycles. The molecule has 3 amide bonds. The lowest BCUT2D eigenvalue weighted by Gasteiger charge is -2.38. The number of hydrogen-bond acceptors (Lipinski definition) is 5. The first-order chi connectivity index (χ1) is 15.8. The molecule has 3 fully saturated rings. The maximum Gasteiger partial charge on any atom is 0.326 e. The smallest absolute Gasteiger partial charge is 0.323 e. The fraction of sp³-hybridized carbons (Fsp3) is 0.500. The number of benzene rings is 2. The van der Waals surface area contributed by atoms with Gasteiger partial charge < -0.3 is 5.32 Å². The van der Waals surface area contributed by atoms with E-state index in [1.165, 1.54) is 9.21 Å². The van der Waals surface area contributed by atoms with Gasteiger partial charge in [-0.15, -0.1) is 0 Å². The first kappa shape index (κ1) is 22.3. The summed E-state index contributed by atoms with van der Waals surface area (Å²) in [5.41, 5.74) is -0.767. The van der Waals surface area contributed by atoms with Crippen LogP contribution in [0.2, 0.25) is 0 Å². The zero-order chi connectivity index (χ0) is 23.2. The average molecular weight is 471 g/mol. The van der Waals surface area contributed by atoms with Crippen molar-refractivity contribution in [2.75, 3.05) is 32.8 Å². The van der Waals surface area contributed by atoms with E-state index >= 15 is 0 Å². The van der Waals surface area contributed by atoms with Crippen molar-refractivity contribution in [2.24, 2.45) is 5.92 Å². The monoisotopic (exact) mass is 470 g/mol. The number of fused-ring (bicyclic) bond motifs is 1. The van der Waals surface area contributed by atoms with Crippen molar-refractivity contribution < 1.29 is 18.0 Å². The standard InChI is InChI=1S/C24H30N4O4S/c1-18-6-4-5-11-24(18)22(29)28(23(30)25-24)17-26-12-14-27(15-13-26)33(31,32)21-10-9-19-7-2-3-8-20(19)16-21/h2-3,7-10,16,18H,4-6,11-15,17H2,1H3,(H,25,30)/t18-,24-/m0/s1. The Hall–Kier alpha value is -2.49. The third kappa shape index (κ3) is 3.82. The largest absolute Gasteiger partial charge is 0.326 e. The van der Waals surface area contributed by atoms with Crippen LogP contribution in [0.25, 0.3) is 10.8 Å². The minimum atomic E-state index is -3.61. The van der Waals surface area contributed by atoms with Crippen LogP contribution in [0.1, 0.15) is 32.6 Å². The number of sulfonamides is 1. The van der Waals surface area contributed by atoms with Gasteiger partial charge in [-0.25, -0.2) is 18.1 Å². The lowest BCUT2D eigenvalue weighted by molar-refractivity contribution is -0.135. The maximum absolute atomic E-state index is 13.2. The molecule has 2 saturated heterocycles. The van der Waals surface area contributed by atoms with Crippen LogP contribution in [0.4, 0.5) is 4.79 Å². The second-order valence-corrected chi connectivity index (χ2v) is 11.4. The summed E-state index contributed by atoms with van der Waals surface area (Å²) in [6.07, 6.45) is 3.65. The molecule has 33 heavy (non-hydrogen) atoms. The van der Waals surface area contributed by atoms with E-state index in [9.17, 15) is 18.0 Å². The lowest BCUT2D eigenvalue weighted by Crippen LogP contribution is -2.55. The number of urea groups is 1. The van der Waals surface area contributed by atoms with Crippen LogP contribution in [-0.2, 0) is 14.8 Å². The van der Waals surface area contributed by atoms with Crippen LogP contribution in [0.15, 0.2) is 47.4 Å². The number of carbonyl (C=O) groups excluding carboxylic acids is 2. The van der Waals surface area contributed by atoms with Crippen molar-refractivity contribution in [3.8, 4) is 0 Å². The number of hydrogen-bond donors (Lipinski definition) is 1. The fourth-order valence-corrected chi connectivity index (χ4v) is 6.87. The Labute approximate surface area is 194 Å². The predicted octanol–water partition coefficient (Wildman–Crippen LogP) is 2.60. The van der Waals surface area contributed by atoms with Gasteiger partial charge in [0.15, 0.2) is 0 Å². The summed E-state index contributed by atoms with van der Waals surface area (Å²) < 4.78 is 27.9. The highest BCUT2D eigenvalue weighted by Gasteiger charge is 2.55. The molecule has 3 aliphatic rings. The summed E-state index contributed by atoms with van der Waals surface area (Å²) in [5.74, 6) is -0.0115. The number of nitrogens with zero attached hydrogens (tertiary/aromatic N) is 3. The first-order valence-electron chi connectivity index (χ1n) is 11.7. The van der Waals surface area contributed by atoms with Crippen molar-refractivity contribution in [1.82, 2.24) is 19.4 Å². The molecule has 2 atom stereocenters. The van der Waals surface area contributed by atoms with Gasteiger partial charge in [-0.1, -0.05) is 50.1 Å². The number of carbonyl (C=O) groups is 2. The molecular formula is C24H30N4O4S. The molecule has 1 N–H and O–H groups in total. The van der Waals surface area contributed by atoms with Crippen LogP contribution in [-0.4, -0.2) is 72.8 Å². The Bertz CT molecular complexity index is 1190. The molecule has 2 aliphatic heterocycles. The van der Waals surface area contributed by atoms with Crippen LogP contribution in [0, 0.1) is 5.92 Å². The Morgan fingerprint density at radius 1 is 1.00 bits per heavy atom. The van der Waals surface area contributed by atoms with E-state index in [2.05, 4.69) is 5.32 Å². The SMILES string of the molecule is C[C@H]1CCCC[C@]12NC(=O)N(CN1CCN(S(=O)(=O)c3ccc4ccccc4c3)CC1)C2=O. The predicted molar refractivity (Wildman–Crippen MR) is 125 cm³/mol. The van der Waals surface area contributed by atoms with E-state index in [1.54, 1.807) is 12.1 Å². The molecule has 2 aromatic carbocycles. The summed E-state index contributed by atoms with van der Waals surface area (Å²) in [4.78, 5) is 29.4. The third-order valence-corrected chi connectivity index (χ3v) is 9.43. The molecule has 8 nitrogen and oxygen atoms in total. The van der Waals surface area contributed by atoms with Gasteiger partial charge in [0.05, 0.1) is 11.6 Å². The van der Waals surface area contributed by atoms with E-state index < -0.39 is 15.6 Å². The molecular weight excluding hydrogens is 440 g/mol. The van der Waals surface area contributed by atoms with E-state index in [1.807, 2.05) is 42.2 Å². The molecule has 1 spiro atoms. The summed E-state index contributed by atoms with van der Waals surface area (Å²) in [6, 6.07) is 12.6. The van der Waals surface area contributed by atoms with Crippen molar-refractivity contribution in [3.05, 3.63) is 42.5 Å². The fourth-order valence-electron chi connectivity index (χ4n) is 5.41. The van der Waals surface area contributed by atoms with Gasteiger partial charge in [0.25, 0.3) is 5.91 Å². The van der Waals surface area contributed by atoms with Gasteiger partial charge in [-0.3, -0.25) is 9.69 Å². The van der Waals surface area contributed by atoms with Crippen molar-refractivity contribution >= 4 is 32.7 Å². The van der Waals surface area contributed by atoms with E-state index in [-0.39, 0.29) is 29.4 Å². The number of rotatable bonds is 4. The summed E-state index contributed by atoms with van der Waals surface area (Å²) in [5, 5.41) is 4.87. The van der Waals surface area contributed by atoms with Crippen LogP contribution in [0.5, 0.6) is 0 Å². The van der Waals surface area contributed by atoms with Crippen molar-refractivity contribution in [1.29, 1.82) is 0 Å². The molecule has 9 heteroatoms. The highest BCUT2D eigenvalue weighted by Crippen LogP contribution is 2.38. The Morgan fingerprint density at radius 2 is 1.73 bits per heavy atom. The second kappa shape index (κ2) is 8.38. The lowest BCUT2D eigenvalue weighted by atomic mass is 9.73. The molecule has 176 valence electrons. The summed E-state index contributed by atoms with van der Waals surface area (Å²) in [7, 11) is -3.61. The van der Waals surface area contributed by atoms with Crippen LogP contribution < -0.4 is 5.32 Å². The van der Waals surface area contributed by atoms with Gasteiger partial charge in [0.1, 0.15) is 5.54 Å². The van der Waals surface area contributed by atoms with E-state index in [0.29, 0.717) is 32.6 Å².